The van der Waals surface area contributed by atoms with Gasteiger partial charge in [0, 0.05) is 29.4 Å². The highest BCUT2D eigenvalue weighted by atomic mass is 16.5. The van der Waals surface area contributed by atoms with Gasteiger partial charge in [-0.1, -0.05) is 29.3 Å². The number of aryl methyl sites for hydroxylation is 3. The van der Waals surface area contributed by atoms with Crippen molar-refractivity contribution in [3.63, 3.8) is 0 Å². The molecule has 5 nitrogen and oxygen atoms in total. The third kappa shape index (κ3) is 3.77. The summed E-state index contributed by atoms with van der Waals surface area (Å²) in [4.78, 5) is 22.9. The smallest absolute Gasteiger partial charge is 0.340 e. The van der Waals surface area contributed by atoms with Gasteiger partial charge in [-0.15, -0.1) is 0 Å². The molecule has 0 unspecified atom stereocenters. The molecule has 0 saturated heterocycles. The summed E-state index contributed by atoms with van der Waals surface area (Å²) in [5, 5.41) is 11.5. The summed E-state index contributed by atoms with van der Waals surface area (Å²) in [6.45, 7) is 6.18. The van der Waals surface area contributed by atoms with Gasteiger partial charge < -0.3 is 19.1 Å². The maximum atomic E-state index is 12.1. The first-order valence-electron chi connectivity index (χ1n) is 8.29. The summed E-state index contributed by atoms with van der Waals surface area (Å²) < 4.78 is 11.1. The maximum absolute atomic E-state index is 12.1. The molecule has 0 aliphatic rings. The highest BCUT2D eigenvalue weighted by Crippen LogP contribution is 2.25. The molecule has 3 rings (SSSR count). The topological polar surface area (TPSA) is 79.6 Å². The lowest BCUT2D eigenvalue weighted by molar-refractivity contribution is -0.304. The fourth-order valence-electron chi connectivity index (χ4n) is 3.13. The number of fused-ring (bicyclic) bond motifs is 1. The predicted molar refractivity (Wildman–Crippen MR) is 96.2 cm³/mol. The summed E-state index contributed by atoms with van der Waals surface area (Å²) in [5.41, 5.74) is 3.80. The third-order valence-electron chi connectivity index (χ3n) is 4.27. The van der Waals surface area contributed by atoms with Crippen LogP contribution in [0.15, 0.2) is 45.6 Å². The van der Waals surface area contributed by atoms with Crippen LogP contribution in [0, 0.1) is 20.8 Å². The van der Waals surface area contributed by atoms with Crippen molar-refractivity contribution in [3.8, 4) is 5.75 Å². The van der Waals surface area contributed by atoms with Crippen molar-refractivity contribution >= 4 is 16.9 Å². The van der Waals surface area contributed by atoms with Crippen LogP contribution in [-0.4, -0.2) is 5.97 Å². The van der Waals surface area contributed by atoms with Gasteiger partial charge in [-0.25, -0.2) is 4.79 Å². The van der Waals surface area contributed by atoms with Crippen LogP contribution in [0.25, 0.3) is 11.0 Å². The molecule has 26 heavy (non-hydrogen) atoms. The number of carboxylic acid groups (broad SMARTS) is 1. The summed E-state index contributed by atoms with van der Waals surface area (Å²) >= 11 is 0. The number of hydrogen-bond donors (Lipinski definition) is 0. The Labute approximate surface area is 150 Å². The van der Waals surface area contributed by atoms with E-state index in [0.717, 1.165) is 5.56 Å². The van der Waals surface area contributed by atoms with Gasteiger partial charge in [0.15, 0.2) is 0 Å². The molecule has 0 bridgehead atoms. The quantitative estimate of drug-likeness (QED) is 0.660. The molecular formula is C21H19O5-. The lowest BCUT2D eigenvalue weighted by atomic mass is 10.0. The van der Waals surface area contributed by atoms with Gasteiger partial charge in [0.2, 0.25) is 0 Å². The minimum Gasteiger partial charge on any atom is -0.550 e. The van der Waals surface area contributed by atoms with Crippen molar-refractivity contribution < 1.29 is 19.1 Å². The van der Waals surface area contributed by atoms with E-state index in [4.69, 9.17) is 9.15 Å². The zero-order valence-electron chi connectivity index (χ0n) is 14.9. The van der Waals surface area contributed by atoms with Crippen LogP contribution in [0.5, 0.6) is 5.75 Å². The highest BCUT2D eigenvalue weighted by Gasteiger charge is 2.12. The fraction of sp³-hybridized carbons (Fsp3) is 0.238. The summed E-state index contributed by atoms with van der Waals surface area (Å²) in [7, 11) is 0. The second kappa shape index (κ2) is 7.04. The molecule has 0 spiro atoms. The average Bonchev–Trinajstić information content (AvgIpc) is 2.55. The SMILES string of the molecule is Cc1cc(C)cc(COc2ccc3c(C)c(CC(=O)[O-])c(=O)oc3c2)c1. The number of rotatable bonds is 5. The van der Waals surface area contributed by atoms with E-state index in [1.165, 1.54) is 11.1 Å². The molecule has 5 heteroatoms. The van der Waals surface area contributed by atoms with Gasteiger partial charge in [-0.2, -0.15) is 0 Å². The van der Waals surface area contributed by atoms with E-state index in [1.807, 2.05) is 13.8 Å². The van der Waals surface area contributed by atoms with Gasteiger partial charge in [0.1, 0.15) is 17.9 Å². The maximum Gasteiger partial charge on any atom is 0.340 e. The standard InChI is InChI=1S/C21H20O5/c1-12-6-13(2)8-15(7-12)11-25-16-4-5-17-14(3)18(10-20(22)23)21(24)26-19(17)9-16/h4-9H,10-11H2,1-3H3,(H,22,23)/p-1. The monoisotopic (exact) mass is 351 g/mol. The second-order valence-electron chi connectivity index (χ2n) is 6.48. The van der Waals surface area contributed by atoms with Crippen molar-refractivity contribution in [2.45, 2.75) is 33.8 Å². The Balaban J connectivity index is 1.89. The molecule has 0 fully saturated rings. The van der Waals surface area contributed by atoms with E-state index in [1.54, 1.807) is 25.1 Å². The number of hydrogen-bond acceptors (Lipinski definition) is 5. The fourth-order valence-corrected chi connectivity index (χ4v) is 3.13. The molecule has 0 atom stereocenters. The number of benzene rings is 2. The van der Waals surface area contributed by atoms with Crippen molar-refractivity contribution in [3.05, 3.63) is 74.6 Å². The van der Waals surface area contributed by atoms with Crippen molar-refractivity contribution in [2.75, 3.05) is 0 Å². The predicted octanol–water partition coefficient (Wildman–Crippen LogP) is 2.59. The van der Waals surface area contributed by atoms with E-state index < -0.39 is 18.0 Å². The Hall–Kier alpha value is -3.08. The molecule has 0 saturated carbocycles. The number of carbonyl (C=O) groups is 1. The molecule has 0 aliphatic carbocycles. The molecule has 3 aromatic rings. The zero-order valence-corrected chi connectivity index (χ0v) is 14.9. The average molecular weight is 351 g/mol. The number of carbonyl (C=O) groups excluding carboxylic acids is 1. The first-order chi connectivity index (χ1) is 12.3. The highest BCUT2D eigenvalue weighted by molar-refractivity contribution is 5.83. The number of ether oxygens (including phenoxy) is 1. The molecule has 0 aliphatic heterocycles. The summed E-state index contributed by atoms with van der Waals surface area (Å²) in [6, 6.07) is 11.4. The molecule has 134 valence electrons. The third-order valence-corrected chi connectivity index (χ3v) is 4.27. The van der Waals surface area contributed by atoms with Gasteiger partial charge >= 0.3 is 5.63 Å². The number of aliphatic carboxylic acids is 1. The Morgan fingerprint density at radius 2 is 1.77 bits per heavy atom. The minimum atomic E-state index is -1.31. The lowest BCUT2D eigenvalue weighted by Gasteiger charge is -2.11. The van der Waals surface area contributed by atoms with Crippen LogP contribution in [0.4, 0.5) is 0 Å². The minimum absolute atomic E-state index is 0.112. The Morgan fingerprint density at radius 1 is 1.08 bits per heavy atom. The van der Waals surface area contributed by atoms with Gasteiger partial charge in [-0.3, -0.25) is 0 Å². The van der Waals surface area contributed by atoms with Gasteiger partial charge in [-0.05, 0) is 44.0 Å². The van der Waals surface area contributed by atoms with Crippen LogP contribution < -0.4 is 15.5 Å². The molecule has 1 heterocycles. The van der Waals surface area contributed by atoms with Crippen LogP contribution in [-0.2, 0) is 17.8 Å². The van der Waals surface area contributed by atoms with Crippen molar-refractivity contribution in [1.29, 1.82) is 0 Å². The molecule has 1 aromatic heterocycles. The molecule has 2 aromatic carbocycles. The Kier molecular flexibility index (Phi) is 4.80. The van der Waals surface area contributed by atoms with E-state index in [9.17, 15) is 14.7 Å². The summed E-state index contributed by atoms with van der Waals surface area (Å²) in [6.07, 6.45) is -0.463. The summed E-state index contributed by atoms with van der Waals surface area (Å²) in [5.74, 6) is -0.736. The van der Waals surface area contributed by atoms with E-state index >= 15 is 0 Å². The normalized spacial score (nSPS) is 10.9. The largest absolute Gasteiger partial charge is 0.550 e. The second-order valence-corrected chi connectivity index (χ2v) is 6.48. The Morgan fingerprint density at radius 3 is 2.42 bits per heavy atom. The van der Waals surface area contributed by atoms with E-state index in [0.29, 0.717) is 28.9 Å². The van der Waals surface area contributed by atoms with Crippen molar-refractivity contribution in [2.24, 2.45) is 0 Å². The first kappa shape index (κ1) is 17.7. The van der Waals surface area contributed by atoms with E-state index in [2.05, 4.69) is 18.2 Å². The molecule has 0 N–H and O–H groups in total. The molecule has 0 radical (unpaired) electrons. The van der Waals surface area contributed by atoms with Crippen LogP contribution in [0.2, 0.25) is 0 Å². The van der Waals surface area contributed by atoms with Crippen LogP contribution >= 0.6 is 0 Å². The van der Waals surface area contributed by atoms with E-state index in [-0.39, 0.29) is 5.56 Å². The molecular weight excluding hydrogens is 332 g/mol. The number of carboxylic acids is 1. The Bertz CT molecular complexity index is 1030. The van der Waals surface area contributed by atoms with Crippen LogP contribution in [0.1, 0.15) is 27.8 Å². The van der Waals surface area contributed by atoms with Gasteiger partial charge in [0.25, 0.3) is 0 Å². The van der Waals surface area contributed by atoms with Gasteiger partial charge in [0.05, 0.1) is 0 Å². The lowest BCUT2D eigenvalue weighted by Crippen LogP contribution is -2.27. The zero-order chi connectivity index (χ0) is 18.8. The van der Waals surface area contributed by atoms with Crippen molar-refractivity contribution in [1.82, 2.24) is 0 Å². The molecule has 0 amide bonds. The first-order valence-corrected chi connectivity index (χ1v) is 8.29. The van der Waals surface area contributed by atoms with Crippen LogP contribution in [0.3, 0.4) is 0 Å².